The lowest BCUT2D eigenvalue weighted by atomic mass is 10.3. The van der Waals surface area contributed by atoms with Gasteiger partial charge >= 0.3 is 0 Å². The van der Waals surface area contributed by atoms with Crippen molar-refractivity contribution < 1.29 is 8.83 Å². The Morgan fingerprint density at radius 1 is 1.40 bits per heavy atom. The minimum atomic E-state index is 0.0733. The van der Waals surface area contributed by atoms with Gasteiger partial charge in [0.05, 0.1) is 4.83 Å². The largest absolute Gasteiger partial charge is 0.440 e. The van der Waals surface area contributed by atoms with Crippen molar-refractivity contribution >= 4 is 27.5 Å². The Bertz CT molecular complexity index is 454. The van der Waals surface area contributed by atoms with Crippen LogP contribution in [0.3, 0.4) is 0 Å². The summed E-state index contributed by atoms with van der Waals surface area (Å²) in [5.74, 6) is 1.37. The van der Waals surface area contributed by atoms with Crippen LogP contribution < -0.4 is 0 Å². The van der Waals surface area contributed by atoms with Gasteiger partial charge in [-0.05, 0) is 30.2 Å². The highest BCUT2D eigenvalue weighted by Gasteiger charge is 2.16. The van der Waals surface area contributed by atoms with Crippen LogP contribution in [0.1, 0.15) is 24.1 Å². The number of halogens is 2. The van der Waals surface area contributed by atoms with Crippen LogP contribution >= 0.6 is 27.5 Å². The second-order valence-electron chi connectivity index (χ2n) is 2.92. The Kier molecular flexibility index (Phi) is 3.11. The molecule has 0 fully saturated rings. The summed E-state index contributed by atoms with van der Waals surface area (Å²) in [6.07, 6.45) is 0.876. The summed E-state index contributed by atoms with van der Waals surface area (Å²) < 4.78 is 10.6. The highest BCUT2D eigenvalue weighted by Crippen LogP contribution is 2.29. The maximum atomic E-state index is 5.64. The maximum Gasteiger partial charge on any atom is 0.283 e. The Labute approximate surface area is 99.8 Å². The summed E-state index contributed by atoms with van der Waals surface area (Å²) in [5.41, 5.74) is 0. The van der Waals surface area contributed by atoms with E-state index in [2.05, 4.69) is 26.1 Å². The maximum absolute atomic E-state index is 5.64. The second kappa shape index (κ2) is 4.37. The SMILES string of the molecule is CCC(Br)c1nnc(-c2ccc(Cl)o2)o1. The molecule has 2 aromatic rings. The van der Waals surface area contributed by atoms with Crippen molar-refractivity contribution in [3.05, 3.63) is 23.2 Å². The molecule has 4 nitrogen and oxygen atoms in total. The summed E-state index contributed by atoms with van der Waals surface area (Å²) in [6, 6.07) is 3.32. The second-order valence-corrected chi connectivity index (χ2v) is 4.40. The van der Waals surface area contributed by atoms with Crippen LogP contribution in [0.4, 0.5) is 0 Å². The molecule has 80 valence electrons. The fourth-order valence-electron chi connectivity index (χ4n) is 1.06. The van der Waals surface area contributed by atoms with E-state index in [4.69, 9.17) is 20.4 Å². The number of furan rings is 1. The molecule has 0 radical (unpaired) electrons. The predicted octanol–water partition coefficient (Wildman–Crippen LogP) is 3.83. The van der Waals surface area contributed by atoms with Gasteiger partial charge in [0, 0.05) is 0 Å². The van der Waals surface area contributed by atoms with Gasteiger partial charge in [0.15, 0.2) is 11.0 Å². The van der Waals surface area contributed by atoms with Gasteiger partial charge in [-0.15, -0.1) is 10.2 Å². The van der Waals surface area contributed by atoms with Crippen molar-refractivity contribution in [3.63, 3.8) is 0 Å². The number of hydrogen-bond acceptors (Lipinski definition) is 4. The van der Waals surface area contributed by atoms with Gasteiger partial charge in [0.25, 0.3) is 5.89 Å². The minimum Gasteiger partial charge on any atom is -0.440 e. The molecule has 0 aliphatic carbocycles. The number of hydrogen-bond donors (Lipinski definition) is 0. The van der Waals surface area contributed by atoms with Crippen LogP contribution in [0.2, 0.25) is 5.22 Å². The van der Waals surface area contributed by atoms with Gasteiger partial charge in [0.2, 0.25) is 5.89 Å². The van der Waals surface area contributed by atoms with E-state index in [0.29, 0.717) is 22.8 Å². The van der Waals surface area contributed by atoms with E-state index in [1.165, 1.54) is 0 Å². The number of nitrogens with zero attached hydrogens (tertiary/aromatic N) is 2. The summed E-state index contributed by atoms with van der Waals surface area (Å²) in [4.78, 5) is 0.0733. The molecule has 2 aromatic heterocycles. The predicted molar refractivity (Wildman–Crippen MR) is 59.0 cm³/mol. The van der Waals surface area contributed by atoms with Crippen molar-refractivity contribution in [2.45, 2.75) is 18.2 Å². The zero-order valence-corrected chi connectivity index (χ0v) is 10.2. The monoisotopic (exact) mass is 290 g/mol. The van der Waals surface area contributed by atoms with Gasteiger partial charge < -0.3 is 8.83 Å². The summed E-state index contributed by atoms with van der Waals surface area (Å²) in [7, 11) is 0. The molecule has 1 unspecified atom stereocenters. The smallest absolute Gasteiger partial charge is 0.283 e. The Morgan fingerprint density at radius 3 is 2.80 bits per heavy atom. The Morgan fingerprint density at radius 2 is 2.20 bits per heavy atom. The molecule has 0 amide bonds. The van der Waals surface area contributed by atoms with Crippen LogP contribution in [0, 0.1) is 0 Å². The molecule has 0 aliphatic rings. The topological polar surface area (TPSA) is 52.1 Å². The average molecular weight is 292 g/mol. The molecule has 0 saturated carbocycles. The van der Waals surface area contributed by atoms with E-state index < -0.39 is 0 Å². The first-order valence-corrected chi connectivity index (χ1v) is 5.73. The van der Waals surface area contributed by atoms with Crippen molar-refractivity contribution in [3.8, 4) is 11.7 Å². The summed E-state index contributed by atoms with van der Waals surface area (Å²) >= 11 is 9.06. The molecular formula is C9H8BrClN2O2. The van der Waals surface area contributed by atoms with Gasteiger partial charge in [-0.1, -0.05) is 22.9 Å². The average Bonchev–Trinajstić information content (AvgIpc) is 2.84. The Hall–Kier alpha value is -0.810. The third-order valence-electron chi connectivity index (χ3n) is 1.85. The molecule has 1 atom stereocenters. The first-order valence-electron chi connectivity index (χ1n) is 4.44. The van der Waals surface area contributed by atoms with E-state index in [-0.39, 0.29) is 4.83 Å². The van der Waals surface area contributed by atoms with Crippen LogP contribution in [-0.2, 0) is 0 Å². The molecule has 0 spiro atoms. The number of aromatic nitrogens is 2. The third-order valence-corrected chi connectivity index (χ3v) is 3.09. The lowest BCUT2D eigenvalue weighted by molar-refractivity contribution is 0.477. The van der Waals surface area contributed by atoms with Crippen molar-refractivity contribution in [1.29, 1.82) is 0 Å². The van der Waals surface area contributed by atoms with Gasteiger partial charge in [-0.25, -0.2) is 0 Å². The molecule has 15 heavy (non-hydrogen) atoms. The summed E-state index contributed by atoms with van der Waals surface area (Å²) in [5, 5.41) is 8.08. The normalized spacial score (nSPS) is 13.0. The van der Waals surface area contributed by atoms with Crippen LogP contribution in [0.25, 0.3) is 11.7 Å². The van der Waals surface area contributed by atoms with Gasteiger partial charge in [-0.2, -0.15) is 0 Å². The highest BCUT2D eigenvalue weighted by molar-refractivity contribution is 9.09. The van der Waals surface area contributed by atoms with E-state index in [1.807, 2.05) is 6.92 Å². The number of alkyl halides is 1. The standard InChI is InChI=1S/C9H8BrClN2O2/c1-2-5(10)8-12-13-9(15-8)6-3-4-7(11)14-6/h3-5H,2H2,1H3. The van der Waals surface area contributed by atoms with Crippen molar-refractivity contribution in [2.24, 2.45) is 0 Å². The molecule has 0 N–H and O–H groups in total. The van der Waals surface area contributed by atoms with Crippen molar-refractivity contribution in [1.82, 2.24) is 10.2 Å². The van der Waals surface area contributed by atoms with Crippen LogP contribution in [0.5, 0.6) is 0 Å². The van der Waals surface area contributed by atoms with E-state index in [9.17, 15) is 0 Å². The van der Waals surface area contributed by atoms with Gasteiger partial charge in [-0.3, -0.25) is 0 Å². The molecule has 0 saturated heterocycles. The first-order chi connectivity index (χ1) is 7.20. The molecule has 0 bridgehead atoms. The van der Waals surface area contributed by atoms with Crippen LogP contribution in [0.15, 0.2) is 21.0 Å². The Balaban J connectivity index is 2.27. The van der Waals surface area contributed by atoms with E-state index in [1.54, 1.807) is 12.1 Å². The molecule has 0 aliphatic heterocycles. The highest BCUT2D eigenvalue weighted by atomic mass is 79.9. The fraction of sp³-hybridized carbons (Fsp3) is 0.333. The lowest BCUT2D eigenvalue weighted by Gasteiger charge is -1.97. The number of rotatable bonds is 3. The zero-order valence-electron chi connectivity index (χ0n) is 7.91. The van der Waals surface area contributed by atoms with Gasteiger partial charge in [0.1, 0.15) is 0 Å². The molecule has 2 rings (SSSR count). The zero-order chi connectivity index (χ0) is 10.8. The van der Waals surface area contributed by atoms with Crippen molar-refractivity contribution in [2.75, 3.05) is 0 Å². The first kappa shape index (κ1) is 10.7. The quantitative estimate of drug-likeness (QED) is 0.806. The lowest BCUT2D eigenvalue weighted by Crippen LogP contribution is -1.86. The van der Waals surface area contributed by atoms with Crippen LogP contribution in [-0.4, -0.2) is 10.2 Å². The molecular weight excluding hydrogens is 283 g/mol. The van der Waals surface area contributed by atoms with E-state index in [0.717, 1.165) is 6.42 Å². The molecule has 0 aromatic carbocycles. The molecule has 2 heterocycles. The molecule has 6 heteroatoms. The third kappa shape index (κ3) is 2.23. The summed E-state index contributed by atoms with van der Waals surface area (Å²) in [6.45, 7) is 2.02. The van der Waals surface area contributed by atoms with E-state index >= 15 is 0 Å². The minimum absolute atomic E-state index is 0.0733. The fourth-order valence-corrected chi connectivity index (χ4v) is 1.40.